The fraction of sp³-hybridized carbons (Fsp3) is 0.316. The minimum Gasteiger partial charge on any atom is -0.408 e. The van der Waals surface area contributed by atoms with Gasteiger partial charge in [-0.3, -0.25) is 9.36 Å². The molecule has 1 N–H and O–H groups in total. The van der Waals surface area contributed by atoms with Gasteiger partial charge in [0.1, 0.15) is 12.4 Å². The maximum absolute atomic E-state index is 12.9. The highest BCUT2D eigenvalue weighted by Gasteiger charge is 2.30. The molecule has 0 saturated carbocycles. The summed E-state index contributed by atoms with van der Waals surface area (Å²) in [6, 6.07) is 11.1. The molecule has 1 aliphatic rings. The maximum Gasteiger partial charge on any atom is 0.420 e. The molecule has 7 heteroatoms. The summed E-state index contributed by atoms with van der Waals surface area (Å²) in [5, 5.41) is 3.03. The van der Waals surface area contributed by atoms with E-state index in [4.69, 9.17) is 4.42 Å². The van der Waals surface area contributed by atoms with Crippen molar-refractivity contribution in [3.05, 3.63) is 58.7 Å². The second kappa shape index (κ2) is 6.67. The molecular formula is C19H20N4O3. The molecule has 3 heterocycles. The molecule has 7 nitrogen and oxygen atoms in total. The Balaban J connectivity index is 1.60. The van der Waals surface area contributed by atoms with Crippen molar-refractivity contribution in [3.8, 4) is 0 Å². The zero-order valence-corrected chi connectivity index (χ0v) is 14.5. The monoisotopic (exact) mass is 352 g/mol. The van der Waals surface area contributed by atoms with Crippen LogP contribution in [0, 0.1) is 0 Å². The number of benzene rings is 1. The van der Waals surface area contributed by atoms with Gasteiger partial charge in [-0.15, -0.1) is 0 Å². The third kappa shape index (κ3) is 2.85. The van der Waals surface area contributed by atoms with E-state index in [1.54, 1.807) is 24.4 Å². The number of nitrogens with zero attached hydrogens (tertiary/aromatic N) is 3. The van der Waals surface area contributed by atoms with E-state index in [9.17, 15) is 9.59 Å². The first kappa shape index (κ1) is 16.4. The average Bonchev–Trinajstić information content (AvgIpc) is 3.27. The van der Waals surface area contributed by atoms with Crippen LogP contribution in [0.15, 0.2) is 51.8 Å². The Morgan fingerprint density at radius 2 is 2.19 bits per heavy atom. The molecule has 1 aliphatic heterocycles. The normalized spacial score (nSPS) is 17.0. The topological polar surface area (TPSA) is 80.4 Å². The van der Waals surface area contributed by atoms with E-state index in [0.717, 1.165) is 24.2 Å². The number of amides is 1. The maximum atomic E-state index is 12.9. The van der Waals surface area contributed by atoms with Gasteiger partial charge < -0.3 is 14.6 Å². The third-order valence-electron chi connectivity index (χ3n) is 4.87. The number of nitrogens with one attached hydrogen (secondary N) is 1. The summed E-state index contributed by atoms with van der Waals surface area (Å²) < 4.78 is 6.63. The van der Waals surface area contributed by atoms with Crippen molar-refractivity contribution < 1.29 is 9.21 Å². The lowest BCUT2D eigenvalue weighted by Crippen LogP contribution is -2.35. The highest BCUT2D eigenvalue weighted by Crippen LogP contribution is 2.32. The molecule has 0 radical (unpaired) electrons. The number of rotatable bonds is 4. The van der Waals surface area contributed by atoms with Gasteiger partial charge in [0.05, 0.1) is 11.6 Å². The summed E-state index contributed by atoms with van der Waals surface area (Å²) in [7, 11) is 1.82. The Bertz CT molecular complexity index is 1010. The molecule has 3 aromatic rings. The molecule has 2 aromatic heterocycles. The van der Waals surface area contributed by atoms with Gasteiger partial charge in [0.25, 0.3) is 0 Å². The van der Waals surface area contributed by atoms with Crippen molar-refractivity contribution in [3.63, 3.8) is 0 Å². The SMILES string of the molecule is CNc1cc([C@H]2CCCN2C(=O)Cn2c(=O)oc3ccccc32)ccn1. The van der Waals surface area contributed by atoms with Crippen molar-refractivity contribution in [2.24, 2.45) is 0 Å². The van der Waals surface area contributed by atoms with Crippen LogP contribution in [0.1, 0.15) is 24.4 Å². The predicted octanol–water partition coefficient (Wildman–Crippen LogP) is 2.39. The number of carbonyl (C=O) groups is 1. The first-order chi connectivity index (χ1) is 12.7. The van der Waals surface area contributed by atoms with E-state index in [2.05, 4.69) is 10.3 Å². The highest BCUT2D eigenvalue weighted by molar-refractivity contribution is 5.80. The Kier molecular flexibility index (Phi) is 4.20. The van der Waals surface area contributed by atoms with Crippen LogP contribution >= 0.6 is 0 Å². The van der Waals surface area contributed by atoms with Crippen LogP contribution in [0.25, 0.3) is 11.1 Å². The number of pyridine rings is 1. The van der Waals surface area contributed by atoms with Gasteiger partial charge in [-0.05, 0) is 42.7 Å². The van der Waals surface area contributed by atoms with Crippen LogP contribution in [0.2, 0.25) is 0 Å². The summed E-state index contributed by atoms with van der Waals surface area (Å²) in [6.45, 7) is 0.668. The second-order valence-corrected chi connectivity index (χ2v) is 6.39. The van der Waals surface area contributed by atoms with Gasteiger partial charge in [0.2, 0.25) is 5.91 Å². The van der Waals surface area contributed by atoms with E-state index in [1.807, 2.05) is 30.1 Å². The zero-order valence-electron chi connectivity index (χ0n) is 14.5. The Morgan fingerprint density at radius 3 is 3.04 bits per heavy atom. The lowest BCUT2D eigenvalue weighted by Gasteiger charge is -2.25. The summed E-state index contributed by atoms with van der Waals surface area (Å²) in [5.74, 6) is 0.194. The van der Waals surface area contributed by atoms with Crippen molar-refractivity contribution in [2.45, 2.75) is 25.4 Å². The van der Waals surface area contributed by atoms with Gasteiger partial charge >= 0.3 is 5.76 Å². The number of fused-ring (bicyclic) bond motifs is 1. The summed E-state index contributed by atoms with van der Waals surface area (Å²) in [6.07, 6.45) is 3.59. The minimum atomic E-state index is -0.503. The minimum absolute atomic E-state index is 0.00599. The number of carbonyl (C=O) groups excluding carboxylic acids is 1. The number of para-hydroxylation sites is 2. The third-order valence-corrected chi connectivity index (χ3v) is 4.87. The van der Waals surface area contributed by atoms with E-state index in [0.29, 0.717) is 17.6 Å². The smallest absolute Gasteiger partial charge is 0.408 e. The number of oxazole rings is 1. The Hall–Kier alpha value is -3.09. The van der Waals surface area contributed by atoms with E-state index < -0.39 is 5.76 Å². The van der Waals surface area contributed by atoms with Crippen LogP contribution in [-0.2, 0) is 11.3 Å². The molecule has 1 aromatic carbocycles. The number of anilines is 1. The highest BCUT2D eigenvalue weighted by atomic mass is 16.4. The molecule has 26 heavy (non-hydrogen) atoms. The molecule has 1 fully saturated rings. The molecule has 0 bridgehead atoms. The molecule has 134 valence electrons. The molecule has 1 atom stereocenters. The number of hydrogen-bond acceptors (Lipinski definition) is 5. The molecule has 1 saturated heterocycles. The molecule has 1 amide bonds. The van der Waals surface area contributed by atoms with Crippen LogP contribution in [0.5, 0.6) is 0 Å². The largest absolute Gasteiger partial charge is 0.420 e. The van der Waals surface area contributed by atoms with Crippen LogP contribution < -0.4 is 11.1 Å². The number of hydrogen-bond donors (Lipinski definition) is 1. The molecular weight excluding hydrogens is 332 g/mol. The van der Waals surface area contributed by atoms with Crippen molar-refractivity contribution in [2.75, 3.05) is 18.9 Å². The van der Waals surface area contributed by atoms with Gasteiger partial charge in [0, 0.05) is 19.8 Å². The zero-order chi connectivity index (χ0) is 18.1. The summed E-state index contributed by atoms with van der Waals surface area (Å²) in [5.41, 5.74) is 2.19. The van der Waals surface area contributed by atoms with Crippen LogP contribution in [-0.4, -0.2) is 34.0 Å². The predicted molar refractivity (Wildman–Crippen MR) is 97.9 cm³/mol. The quantitative estimate of drug-likeness (QED) is 0.780. The van der Waals surface area contributed by atoms with E-state index in [1.165, 1.54) is 4.57 Å². The number of aromatic nitrogens is 2. The second-order valence-electron chi connectivity index (χ2n) is 6.39. The number of likely N-dealkylation sites (tertiary alicyclic amines) is 1. The fourth-order valence-electron chi connectivity index (χ4n) is 3.59. The fourth-order valence-corrected chi connectivity index (χ4v) is 3.59. The summed E-state index contributed by atoms with van der Waals surface area (Å²) >= 11 is 0. The molecule has 0 spiro atoms. The van der Waals surface area contributed by atoms with Gasteiger partial charge in [-0.1, -0.05) is 12.1 Å². The van der Waals surface area contributed by atoms with Crippen molar-refractivity contribution in [1.82, 2.24) is 14.5 Å². The molecule has 0 unspecified atom stereocenters. The van der Waals surface area contributed by atoms with E-state index in [-0.39, 0.29) is 18.5 Å². The Labute approximate surface area is 150 Å². The Morgan fingerprint density at radius 1 is 1.35 bits per heavy atom. The van der Waals surface area contributed by atoms with Crippen molar-refractivity contribution in [1.29, 1.82) is 0 Å². The molecule has 4 rings (SSSR count). The van der Waals surface area contributed by atoms with E-state index >= 15 is 0 Å². The van der Waals surface area contributed by atoms with Gasteiger partial charge in [0.15, 0.2) is 5.58 Å². The molecule has 0 aliphatic carbocycles. The van der Waals surface area contributed by atoms with Crippen LogP contribution in [0.3, 0.4) is 0 Å². The van der Waals surface area contributed by atoms with Gasteiger partial charge in [-0.2, -0.15) is 0 Å². The summed E-state index contributed by atoms with van der Waals surface area (Å²) in [4.78, 5) is 31.2. The standard InChI is InChI=1S/C19H20N4O3/c1-20-17-11-13(8-9-21-17)14-6-4-10-22(14)18(24)12-23-15-5-2-3-7-16(15)26-19(23)25/h2-3,5,7-9,11,14H,4,6,10,12H2,1H3,(H,20,21)/t14-/m1/s1. The lowest BCUT2D eigenvalue weighted by molar-refractivity contribution is -0.132. The average molecular weight is 352 g/mol. The first-order valence-corrected chi connectivity index (χ1v) is 8.69. The first-order valence-electron chi connectivity index (χ1n) is 8.69. The van der Waals surface area contributed by atoms with Gasteiger partial charge in [-0.25, -0.2) is 9.78 Å². The lowest BCUT2D eigenvalue weighted by atomic mass is 10.1. The van der Waals surface area contributed by atoms with Crippen molar-refractivity contribution >= 4 is 22.8 Å². The van der Waals surface area contributed by atoms with Crippen LogP contribution in [0.4, 0.5) is 5.82 Å².